The molecular formula is C9H11BrO2. The molecule has 2 nitrogen and oxygen atoms in total. The summed E-state index contributed by atoms with van der Waals surface area (Å²) in [6.45, 7) is 4.15. The molecule has 0 aliphatic heterocycles. The molecule has 0 bridgehead atoms. The molecular weight excluding hydrogens is 220 g/mol. The van der Waals surface area contributed by atoms with Gasteiger partial charge in [-0.05, 0) is 19.4 Å². The van der Waals surface area contributed by atoms with Crippen molar-refractivity contribution >= 4 is 21.9 Å². The number of esters is 1. The Morgan fingerprint density at radius 1 is 1.50 bits per heavy atom. The molecule has 12 heavy (non-hydrogen) atoms. The molecule has 0 atom stereocenters. The standard InChI is InChI=1S/C9H11BrO2/c1-4-9(11)12-6-8(3)7(2)5-10/h1H,5-6H2,2-3H3/b8-7+. The smallest absolute Gasteiger partial charge is 0.384 e. The van der Waals surface area contributed by atoms with Crippen LogP contribution in [0.1, 0.15) is 13.8 Å². The van der Waals surface area contributed by atoms with E-state index >= 15 is 0 Å². The summed E-state index contributed by atoms with van der Waals surface area (Å²) in [6, 6.07) is 0. The van der Waals surface area contributed by atoms with E-state index < -0.39 is 5.97 Å². The van der Waals surface area contributed by atoms with Crippen LogP contribution >= 0.6 is 15.9 Å². The Labute approximate surface area is 81.1 Å². The van der Waals surface area contributed by atoms with Gasteiger partial charge in [0.1, 0.15) is 6.61 Å². The van der Waals surface area contributed by atoms with E-state index in [1.807, 2.05) is 19.8 Å². The maximum Gasteiger partial charge on any atom is 0.384 e. The zero-order chi connectivity index (χ0) is 9.56. The number of allylic oxidation sites excluding steroid dienone is 1. The first-order valence-corrected chi connectivity index (χ1v) is 4.58. The zero-order valence-corrected chi connectivity index (χ0v) is 8.77. The van der Waals surface area contributed by atoms with E-state index in [0.717, 1.165) is 16.5 Å². The molecule has 0 aromatic rings. The number of terminal acetylenes is 1. The van der Waals surface area contributed by atoms with E-state index in [0.29, 0.717) is 0 Å². The first-order chi connectivity index (χ1) is 5.61. The molecule has 0 aliphatic rings. The van der Waals surface area contributed by atoms with Gasteiger partial charge in [-0.3, -0.25) is 0 Å². The highest BCUT2D eigenvalue weighted by Gasteiger charge is 1.99. The van der Waals surface area contributed by atoms with E-state index in [2.05, 4.69) is 15.9 Å². The molecule has 0 unspecified atom stereocenters. The molecule has 0 saturated heterocycles. The summed E-state index contributed by atoms with van der Waals surface area (Å²) in [5.74, 6) is 1.27. The highest BCUT2D eigenvalue weighted by molar-refractivity contribution is 9.09. The molecule has 0 fully saturated rings. The van der Waals surface area contributed by atoms with Gasteiger partial charge in [-0.25, -0.2) is 4.79 Å². The minimum Gasteiger partial charge on any atom is -0.452 e. The van der Waals surface area contributed by atoms with Gasteiger partial charge in [0.2, 0.25) is 0 Å². The van der Waals surface area contributed by atoms with Gasteiger partial charge in [0.05, 0.1) is 0 Å². The van der Waals surface area contributed by atoms with Crippen molar-refractivity contribution in [1.29, 1.82) is 0 Å². The third kappa shape index (κ3) is 4.20. The van der Waals surface area contributed by atoms with Crippen LogP contribution in [0.3, 0.4) is 0 Å². The maximum absolute atomic E-state index is 10.5. The molecule has 66 valence electrons. The monoisotopic (exact) mass is 230 g/mol. The Bertz CT molecular complexity index is 235. The minimum absolute atomic E-state index is 0.278. The van der Waals surface area contributed by atoms with Crippen LogP contribution in [0.25, 0.3) is 0 Å². The van der Waals surface area contributed by atoms with Crippen LogP contribution in [0, 0.1) is 12.3 Å². The van der Waals surface area contributed by atoms with Crippen molar-refractivity contribution in [2.75, 3.05) is 11.9 Å². The summed E-state index contributed by atoms with van der Waals surface area (Å²) in [5, 5.41) is 0.784. The average molecular weight is 231 g/mol. The number of alkyl halides is 1. The van der Waals surface area contributed by atoms with Crippen molar-refractivity contribution in [2.45, 2.75) is 13.8 Å². The molecule has 0 saturated carbocycles. The van der Waals surface area contributed by atoms with Crippen LogP contribution in [0.15, 0.2) is 11.1 Å². The van der Waals surface area contributed by atoms with Crippen LogP contribution in [0.5, 0.6) is 0 Å². The Balaban J connectivity index is 3.96. The summed E-state index contributed by atoms with van der Waals surface area (Å²) in [4.78, 5) is 10.5. The summed E-state index contributed by atoms with van der Waals surface area (Å²) < 4.78 is 4.72. The molecule has 0 spiro atoms. The van der Waals surface area contributed by atoms with E-state index in [4.69, 9.17) is 11.2 Å². The largest absolute Gasteiger partial charge is 0.452 e. The molecule has 0 amide bonds. The Morgan fingerprint density at radius 3 is 2.50 bits per heavy atom. The van der Waals surface area contributed by atoms with Crippen molar-refractivity contribution in [1.82, 2.24) is 0 Å². The fraction of sp³-hybridized carbons (Fsp3) is 0.444. The van der Waals surface area contributed by atoms with Gasteiger partial charge in [-0.1, -0.05) is 21.5 Å². The second kappa shape index (κ2) is 5.84. The van der Waals surface area contributed by atoms with Gasteiger partial charge in [-0.15, -0.1) is 6.42 Å². The van der Waals surface area contributed by atoms with Gasteiger partial charge in [0.15, 0.2) is 0 Å². The predicted octanol–water partition coefficient (Wildman–Crippen LogP) is 1.89. The van der Waals surface area contributed by atoms with Crippen molar-refractivity contribution in [2.24, 2.45) is 0 Å². The number of carbonyl (C=O) groups is 1. The quantitative estimate of drug-likeness (QED) is 0.244. The summed E-state index contributed by atoms with van der Waals surface area (Å²) >= 11 is 3.30. The number of rotatable bonds is 3. The topological polar surface area (TPSA) is 26.3 Å². The lowest BCUT2D eigenvalue weighted by molar-refractivity contribution is -0.135. The molecule has 0 aromatic heterocycles. The van der Waals surface area contributed by atoms with Crippen LogP contribution < -0.4 is 0 Å². The number of hydrogen-bond donors (Lipinski definition) is 0. The molecule has 0 aliphatic carbocycles. The fourth-order valence-electron chi connectivity index (χ4n) is 0.453. The van der Waals surface area contributed by atoms with Gasteiger partial charge in [0, 0.05) is 11.3 Å². The SMILES string of the molecule is C#CC(=O)OC/C(C)=C(\C)CBr. The zero-order valence-electron chi connectivity index (χ0n) is 7.19. The molecule has 0 rings (SSSR count). The van der Waals surface area contributed by atoms with Crippen LogP contribution in [-0.4, -0.2) is 17.9 Å². The number of ether oxygens (including phenoxy) is 1. The Kier molecular flexibility index (Phi) is 5.48. The van der Waals surface area contributed by atoms with Crippen LogP contribution in [0.4, 0.5) is 0 Å². The maximum atomic E-state index is 10.5. The van der Waals surface area contributed by atoms with Crippen LogP contribution in [0.2, 0.25) is 0 Å². The van der Waals surface area contributed by atoms with E-state index in [1.165, 1.54) is 0 Å². The predicted molar refractivity (Wildman–Crippen MR) is 52.0 cm³/mol. The number of carbonyl (C=O) groups excluding carboxylic acids is 1. The Hall–Kier alpha value is -0.750. The fourth-order valence-corrected chi connectivity index (χ4v) is 0.931. The minimum atomic E-state index is -0.614. The third-order valence-electron chi connectivity index (χ3n) is 1.47. The first kappa shape index (κ1) is 11.2. The Morgan fingerprint density at radius 2 is 2.08 bits per heavy atom. The van der Waals surface area contributed by atoms with Gasteiger partial charge in [0.25, 0.3) is 0 Å². The lowest BCUT2D eigenvalue weighted by Gasteiger charge is -2.04. The molecule has 0 heterocycles. The molecule has 0 N–H and O–H groups in total. The summed E-state index contributed by atoms with van der Waals surface area (Å²) in [5.41, 5.74) is 2.18. The van der Waals surface area contributed by atoms with E-state index in [1.54, 1.807) is 0 Å². The van der Waals surface area contributed by atoms with Gasteiger partial charge >= 0.3 is 5.97 Å². The van der Waals surface area contributed by atoms with Gasteiger partial charge in [-0.2, -0.15) is 0 Å². The summed E-state index contributed by atoms with van der Waals surface area (Å²) in [6.07, 6.45) is 4.82. The average Bonchev–Trinajstić information content (AvgIpc) is 2.11. The normalized spacial score (nSPS) is 11.5. The third-order valence-corrected chi connectivity index (χ3v) is 2.31. The van der Waals surface area contributed by atoms with E-state index in [-0.39, 0.29) is 6.61 Å². The van der Waals surface area contributed by atoms with Crippen LogP contribution in [-0.2, 0) is 9.53 Å². The number of halogens is 1. The molecule has 0 aromatic carbocycles. The second-order valence-corrected chi connectivity index (χ2v) is 2.98. The van der Waals surface area contributed by atoms with Crippen molar-refractivity contribution in [3.8, 4) is 12.3 Å². The van der Waals surface area contributed by atoms with Crippen molar-refractivity contribution < 1.29 is 9.53 Å². The lowest BCUT2D eigenvalue weighted by atomic mass is 10.2. The van der Waals surface area contributed by atoms with Crippen molar-refractivity contribution in [3.05, 3.63) is 11.1 Å². The van der Waals surface area contributed by atoms with Gasteiger partial charge < -0.3 is 4.74 Å². The first-order valence-electron chi connectivity index (χ1n) is 3.46. The van der Waals surface area contributed by atoms with Crippen molar-refractivity contribution in [3.63, 3.8) is 0 Å². The molecule has 3 heteroatoms. The number of hydrogen-bond acceptors (Lipinski definition) is 2. The second-order valence-electron chi connectivity index (χ2n) is 2.41. The summed E-state index contributed by atoms with van der Waals surface area (Å²) in [7, 11) is 0. The lowest BCUT2D eigenvalue weighted by Crippen LogP contribution is -2.04. The van der Waals surface area contributed by atoms with E-state index in [9.17, 15) is 4.79 Å². The molecule has 0 radical (unpaired) electrons. The highest BCUT2D eigenvalue weighted by atomic mass is 79.9. The highest BCUT2D eigenvalue weighted by Crippen LogP contribution is 2.06.